The van der Waals surface area contributed by atoms with Crippen molar-refractivity contribution >= 4 is 37.3 Å². The Labute approximate surface area is 173 Å². The minimum absolute atomic E-state index is 0.0218. The third kappa shape index (κ3) is 6.19. The van der Waals surface area contributed by atoms with Crippen molar-refractivity contribution in [3.8, 4) is 0 Å². The largest absolute Gasteiger partial charge is 0.383 e. The fourth-order valence-corrected chi connectivity index (χ4v) is 4.45. The zero-order valence-electron chi connectivity index (χ0n) is 15.2. The van der Waals surface area contributed by atoms with E-state index in [2.05, 4.69) is 9.44 Å². The molecule has 2 aromatic rings. The first-order chi connectivity index (χ1) is 13.6. The van der Waals surface area contributed by atoms with E-state index in [1.165, 1.54) is 31.4 Å². The van der Waals surface area contributed by atoms with Gasteiger partial charge in [0, 0.05) is 26.3 Å². The molecule has 2 aromatic carbocycles. The summed E-state index contributed by atoms with van der Waals surface area (Å²) in [6, 6.07) is 8.74. The summed E-state index contributed by atoms with van der Waals surface area (Å²) in [7, 11) is -6.29. The van der Waals surface area contributed by atoms with E-state index in [-0.39, 0.29) is 34.5 Å². The highest BCUT2D eigenvalue weighted by Crippen LogP contribution is 2.27. The van der Waals surface area contributed by atoms with Crippen molar-refractivity contribution in [1.82, 2.24) is 9.44 Å². The predicted octanol–water partition coefficient (Wildman–Crippen LogP) is 1.65. The van der Waals surface area contributed by atoms with Crippen LogP contribution in [0, 0.1) is 10.1 Å². The molecule has 0 aliphatic heterocycles. The molecule has 0 aliphatic carbocycles. The first kappa shape index (κ1) is 23.2. The maximum absolute atomic E-state index is 12.4. The highest BCUT2D eigenvalue weighted by Gasteiger charge is 2.20. The molecule has 2 rings (SSSR count). The quantitative estimate of drug-likeness (QED) is 0.309. The molecule has 0 radical (unpaired) electrons. The van der Waals surface area contributed by atoms with Crippen molar-refractivity contribution in [2.75, 3.05) is 20.3 Å². The van der Waals surface area contributed by atoms with E-state index >= 15 is 0 Å². The molecule has 0 heterocycles. The van der Waals surface area contributed by atoms with E-state index < -0.39 is 30.7 Å². The van der Waals surface area contributed by atoms with Crippen LogP contribution in [0.3, 0.4) is 0 Å². The molecule has 158 valence electrons. The Balaban J connectivity index is 2.09. The lowest BCUT2D eigenvalue weighted by Gasteiger charge is -2.09. The lowest BCUT2D eigenvalue weighted by molar-refractivity contribution is -0.384. The number of methoxy groups -OCH3 is 1. The van der Waals surface area contributed by atoms with Gasteiger partial charge in [0.25, 0.3) is 5.69 Å². The predicted molar refractivity (Wildman–Crippen MR) is 106 cm³/mol. The smallest absolute Gasteiger partial charge is 0.289 e. The number of nitro benzene ring substituents is 1. The fourth-order valence-electron chi connectivity index (χ4n) is 2.21. The van der Waals surface area contributed by atoms with Crippen LogP contribution in [-0.2, 0) is 31.3 Å². The van der Waals surface area contributed by atoms with Crippen LogP contribution in [0.15, 0.2) is 52.3 Å². The van der Waals surface area contributed by atoms with Gasteiger partial charge < -0.3 is 4.74 Å². The van der Waals surface area contributed by atoms with Crippen LogP contribution >= 0.6 is 11.6 Å². The molecule has 0 unspecified atom stereocenters. The van der Waals surface area contributed by atoms with Crippen LogP contribution in [0.5, 0.6) is 0 Å². The number of nitrogens with one attached hydrogen (secondary N) is 2. The molecule has 0 aliphatic rings. The molecular weight excluding hydrogens is 446 g/mol. The fraction of sp³-hybridized carbons (Fsp3) is 0.250. The van der Waals surface area contributed by atoms with Crippen molar-refractivity contribution in [3.05, 3.63) is 63.2 Å². The van der Waals surface area contributed by atoms with Crippen LogP contribution in [0.25, 0.3) is 0 Å². The molecule has 0 saturated heterocycles. The molecule has 0 bridgehead atoms. The first-order valence-corrected chi connectivity index (χ1v) is 11.4. The van der Waals surface area contributed by atoms with Gasteiger partial charge in [-0.15, -0.1) is 0 Å². The van der Waals surface area contributed by atoms with E-state index in [9.17, 15) is 26.9 Å². The van der Waals surface area contributed by atoms with E-state index in [4.69, 9.17) is 16.3 Å². The van der Waals surface area contributed by atoms with Crippen molar-refractivity contribution in [2.45, 2.75) is 16.3 Å². The molecule has 10 nitrogen and oxygen atoms in total. The number of hydrogen-bond acceptors (Lipinski definition) is 7. The summed E-state index contributed by atoms with van der Waals surface area (Å²) >= 11 is 5.69. The Morgan fingerprint density at radius 2 is 1.59 bits per heavy atom. The number of nitro groups is 1. The third-order valence-electron chi connectivity index (χ3n) is 3.72. The Kier molecular flexibility index (Phi) is 7.68. The van der Waals surface area contributed by atoms with Gasteiger partial charge in [0.2, 0.25) is 20.0 Å². The zero-order chi connectivity index (χ0) is 21.7. The van der Waals surface area contributed by atoms with Gasteiger partial charge in [0.15, 0.2) is 0 Å². The second-order valence-electron chi connectivity index (χ2n) is 5.73. The Bertz CT molecular complexity index is 1090. The minimum Gasteiger partial charge on any atom is -0.383 e. The standard InChI is InChI=1S/C16H18ClN3O7S2/c1-27-9-8-18-28(23,24)13-4-2-12(3-5-13)11-19-29(25,26)14-6-7-15(17)16(10-14)20(21)22/h2-7,10,18-19H,8-9,11H2,1H3. The maximum Gasteiger partial charge on any atom is 0.289 e. The number of nitrogens with zero attached hydrogens (tertiary/aromatic N) is 1. The molecule has 0 spiro atoms. The van der Waals surface area contributed by atoms with Crippen LogP contribution in [0.1, 0.15) is 5.56 Å². The normalized spacial score (nSPS) is 12.1. The van der Waals surface area contributed by atoms with Crippen molar-refractivity contribution in [1.29, 1.82) is 0 Å². The van der Waals surface area contributed by atoms with Crippen molar-refractivity contribution in [2.24, 2.45) is 0 Å². The van der Waals surface area contributed by atoms with Gasteiger partial charge in [0.1, 0.15) is 5.02 Å². The van der Waals surface area contributed by atoms with Crippen LogP contribution < -0.4 is 9.44 Å². The molecule has 0 aromatic heterocycles. The van der Waals surface area contributed by atoms with Crippen molar-refractivity contribution in [3.63, 3.8) is 0 Å². The monoisotopic (exact) mass is 463 g/mol. The van der Waals surface area contributed by atoms with E-state index in [1.54, 1.807) is 0 Å². The summed E-state index contributed by atoms with van der Waals surface area (Å²) in [6.45, 7) is 0.200. The Hall–Kier alpha value is -2.09. The minimum atomic E-state index is -4.04. The maximum atomic E-state index is 12.4. The van der Waals surface area contributed by atoms with Gasteiger partial charge in [-0.05, 0) is 29.8 Å². The molecule has 0 fully saturated rings. The topological polar surface area (TPSA) is 145 Å². The van der Waals surface area contributed by atoms with Crippen LogP contribution in [0.2, 0.25) is 5.02 Å². The number of sulfonamides is 2. The highest BCUT2D eigenvalue weighted by atomic mass is 35.5. The van der Waals surface area contributed by atoms with Crippen LogP contribution in [-0.4, -0.2) is 42.0 Å². The second-order valence-corrected chi connectivity index (χ2v) is 9.67. The SMILES string of the molecule is COCCNS(=O)(=O)c1ccc(CNS(=O)(=O)c2ccc(Cl)c([N+](=O)[O-])c2)cc1. The van der Waals surface area contributed by atoms with E-state index in [1.807, 2.05) is 0 Å². The molecule has 0 saturated carbocycles. The second kappa shape index (κ2) is 9.61. The van der Waals surface area contributed by atoms with Gasteiger partial charge in [-0.2, -0.15) is 0 Å². The summed E-state index contributed by atoms with van der Waals surface area (Å²) < 4.78 is 58.4. The summed E-state index contributed by atoms with van der Waals surface area (Å²) in [6.07, 6.45) is 0. The van der Waals surface area contributed by atoms with E-state index in [0.29, 0.717) is 5.56 Å². The average molecular weight is 464 g/mol. The summed E-state index contributed by atoms with van der Waals surface area (Å²) in [5, 5.41) is 10.7. The summed E-state index contributed by atoms with van der Waals surface area (Å²) in [5.41, 5.74) is -0.0297. The average Bonchev–Trinajstić information content (AvgIpc) is 2.67. The lowest BCUT2D eigenvalue weighted by atomic mass is 10.2. The summed E-state index contributed by atoms with van der Waals surface area (Å²) in [5.74, 6) is 0. The number of halogens is 1. The third-order valence-corrected chi connectivity index (χ3v) is 6.92. The van der Waals surface area contributed by atoms with Gasteiger partial charge in [-0.1, -0.05) is 23.7 Å². The van der Waals surface area contributed by atoms with Gasteiger partial charge >= 0.3 is 0 Å². The highest BCUT2D eigenvalue weighted by molar-refractivity contribution is 7.89. The molecule has 29 heavy (non-hydrogen) atoms. The number of ether oxygens (including phenoxy) is 1. The number of hydrogen-bond donors (Lipinski definition) is 2. The van der Waals surface area contributed by atoms with Crippen LogP contribution in [0.4, 0.5) is 5.69 Å². The van der Waals surface area contributed by atoms with E-state index in [0.717, 1.165) is 18.2 Å². The van der Waals surface area contributed by atoms with Gasteiger partial charge in [0.05, 0.1) is 21.3 Å². The molecule has 2 N–H and O–H groups in total. The molecule has 13 heteroatoms. The zero-order valence-corrected chi connectivity index (χ0v) is 17.6. The molecular formula is C16H18ClN3O7S2. The Morgan fingerprint density at radius 1 is 1.00 bits per heavy atom. The number of rotatable bonds is 10. The summed E-state index contributed by atoms with van der Waals surface area (Å²) in [4.78, 5) is 9.86. The first-order valence-electron chi connectivity index (χ1n) is 8.08. The molecule has 0 atom stereocenters. The molecule has 0 amide bonds. The Morgan fingerprint density at radius 3 is 2.17 bits per heavy atom. The van der Waals surface area contributed by atoms with Gasteiger partial charge in [-0.3, -0.25) is 10.1 Å². The van der Waals surface area contributed by atoms with Crippen molar-refractivity contribution < 1.29 is 26.5 Å². The number of benzene rings is 2. The van der Waals surface area contributed by atoms with Gasteiger partial charge in [-0.25, -0.2) is 26.3 Å². The lowest BCUT2D eigenvalue weighted by Crippen LogP contribution is -2.27.